The van der Waals surface area contributed by atoms with Crippen LogP contribution in [0.2, 0.25) is 0 Å². The maximum Gasteiger partial charge on any atom is 0.353 e. The van der Waals surface area contributed by atoms with Crippen LogP contribution in [0.1, 0.15) is 19.8 Å². The van der Waals surface area contributed by atoms with Crippen molar-refractivity contribution in [2.45, 2.75) is 25.8 Å². The molecular formula is C8H16N2O3. The van der Waals surface area contributed by atoms with E-state index in [1.165, 1.54) is 0 Å². The molecule has 0 radical (unpaired) electrons. The van der Waals surface area contributed by atoms with Crippen molar-refractivity contribution in [2.75, 3.05) is 13.2 Å². The molecule has 4 N–H and O–H groups in total. The summed E-state index contributed by atoms with van der Waals surface area (Å²) in [5.74, 6) is -0.673. The largest absolute Gasteiger partial charge is 0.461 e. The van der Waals surface area contributed by atoms with E-state index >= 15 is 0 Å². The summed E-state index contributed by atoms with van der Waals surface area (Å²) in [6, 6.07) is -0.592. The molecule has 0 aromatic carbocycles. The lowest BCUT2D eigenvalue weighted by Gasteiger charge is -2.07. The predicted octanol–water partition coefficient (Wildman–Crippen LogP) is -0.331. The van der Waals surface area contributed by atoms with Crippen molar-refractivity contribution in [3.8, 4) is 0 Å². The summed E-state index contributed by atoms with van der Waals surface area (Å²) in [7, 11) is 0. The standard InChI is InChI=1S/C8H16N2O3/c1-6(9)7(10)8(12)13-5-3-2-4-11/h6,10-11H,2-5,9H2,1H3. The van der Waals surface area contributed by atoms with E-state index in [-0.39, 0.29) is 18.9 Å². The quantitative estimate of drug-likeness (QED) is 0.302. The molecule has 0 aliphatic rings. The number of carbonyl (C=O) groups is 1. The maximum absolute atomic E-state index is 11.0. The molecule has 1 unspecified atom stereocenters. The van der Waals surface area contributed by atoms with Gasteiger partial charge in [-0.1, -0.05) is 0 Å². The molecule has 0 saturated heterocycles. The van der Waals surface area contributed by atoms with Crippen LogP contribution in [0.5, 0.6) is 0 Å². The monoisotopic (exact) mass is 188 g/mol. The fourth-order valence-corrected chi connectivity index (χ4v) is 0.642. The van der Waals surface area contributed by atoms with E-state index in [1.807, 2.05) is 0 Å². The van der Waals surface area contributed by atoms with Gasteiger partial charge in [0.15, 0.2) is 0 Å². The Balaban J connectivity index is 3.57. The summed E-state index contributed by atoms with van der Waals surface area (Å²) in [4.78, 5) is 11.0. The molecule has 0 aromatic heterocycles. The maximum atomic E-state index is 11.0. The number of esters is 1. The second-order valence-electron chi connectivity index (χ2n) is 2.77. The second-order valence-corrected chi connectivity index (χ2v) is 2.77. The van der Waals surface area contributed by atoms with Gasteiger partial charge in [-0.25, -0.2) is 4.79 Å². The highest BCUT2D eigenvalue weighted by molar-refractivity contribution is 6.37. The molecular weight excluding hydrogens is 172 g/mol. The number of nitrogens with two attached hydrogens (primary N) is 1. The number of rotatable bonds is 6. The van der Waals surface area contributed by atoms with Crippen LogP contribution in [-0.4, -0.2) is 36.0 Å². The minimum absolute atomic E-state index is 0.0856. The Bertz CT molecular complexity index is 180. The number of hydrogen-bond donors (Lipinski definition) is 3. The Hall–Kier alpha value is -0.940. The predicted molar refractivity (Wildman–Crippen MR) is 48.7 cm³/mol. The van der Waals surface area contributed by atoms with Crippen LogP contribution >= 0.6 is 0 Å². The van der Waals surface area contributed by atoms with Crippen LogP contribution in [0.15, 0.2) is 0 Å². The third kappa shape index (κ3) is 5.32. The van der Waals surface area contributed by atoms with Crippen LogP contribution in [-0.2, 0) is 9.53 Å². The Labute approximate surface area is 77.4 Å². The van der Waals surface area contributed by atoms with Crippen molar-refractivity contribution in [1.29, 1.82) is 5.41 Å². The van der Waals surface area contributed by atoms with Gasteiger partial charge in [-0.2, -0.15) is 0 Å². The molecule has 1 atom stereocenters. The van der Waals surface area contributed by atoms with E-state index in [0.29, 0.717) is 12.8 Å². The zero-order chi connectivity index (χ0) is 10.3. The van der Waals surface area contributed by atoms with Crippen molar-refractivity contribution in [3.05, 3.63) is 0 Å². The van der Waals surface area contributed by atoms with E-state index in [4.69, 9.17) is 21.0 Å². The van der Waals surface area contributed by atoms with Gasteiger partial charge in [0.2, 0.25) is 0 Å². The summed E-state index contributed by atoms with van der Waals surface area (Å²) in [6.45, 7) is 1.87. The average molecular weight is 188 g/mol. The molecule has 0 spiro atoms. The second kappa shape index (κ2) is 6.56. The highest BCUT2D eigenvalue weighted by Gasteiger charge is 2.14. The normalized spacial score (nSPS) is 12.2. The Morgan fingerprint density at radius 3 is 2.69 bits per heavy atom. The molecule has 5 heteroatoms. The molecule has 0 amide bonds. The Morgan fingerprint density at radius 1 is 1.62 bits per heavy atom. The lowest BCUT2D eigenvalue weighted by Crippen LogP contribution is -2.33. The Kier molecular flexibility index (Phi) is 6.09. The van der Waals surface area contributed by atoms with Gasteiger partial charge in [-0.3, -0.25) is 5.41 Å². The van der Waals surface area contributed by atoms with E-state index in [2.05, 4.69) is 0 Å². The fourth-order valence-electron chi connectivity index (χ4n) is 0.642. The van der Waals surface area contributed by atoms with E-state index in [0.717, 1.165) is 0 Å². The highest BCUT2D eigenvalue weighted by atomic mass is 16.5. The smallest absolute Gasteiger partial charge is 0.353 e. The van der Waals surface area contributed by atoms with Gasteiger partial charge in [0, 0.05) is 6.61 Å². The van der Waals surface area contributed by atoms with Crippen molar-refractivity contribution in [2.24, 2.45) is 5.73 Å². The summed E-state index contributed by atoms with van der Waals surface area (Å²) in [5, 5.41) is 15.6. The highest BCUT2D eigenvalue weighted by Crippen LogP contribution is 1.92. The lowest BCUT2D eigenvalue weighted by atomic mass is 10.2. The molecule has 0 rings (SSSR count). The topological polar surface area (TPSA) is 96.4 Å². The number of unbranched alkanes of at least 4 members (excludes halogenated alkanes) is 1. The third-order valence-corrected chi connectivity index (χ3v) is 1.46. The minimum Gasteiger partial charge on any atom is -0.461 e. The van der Waals surface area contributed by atoms with Gasteiger partial charge in [0.1, 0.15) is 5.71 Å². The number of aliphatic hydroxyl groups is 1. The van der Waals surface area contributed by atoms with Gasteiger partial charge >= 0.3 is 5.97 Å². The summed E-state index contributed by atoms with van der Waals surface area (Å²) in [5.41, 5.74) is 5.08. The van der Waals surface area contributed by atoms with Crippen LogP contribution in [0.3, 0.4) is 0 Å². The van der Waals surface area contributed by atoms with E-state index in [1.54, 1.807) is 6.92 Å². The van der Waals surface area contributed by atoms with Crippen molar-refractivity contribution < 1.29 is 14.6 Å². The molecule has 0 aliphatic carbocycles. The first kappa shape index (κ1) is 12.1. The van der Waals surface area contributed by atoms with Crippen LogP contribution < -0.4 is 5.73 Å². The van der Waals surface area contributed by atoms with Crippen molar-refractivity contribution >= 4 is 11.7 Å². The summed E-state index contributed by atoms with van der Waals surface area (Å²) < 4.78 is 4.71. The minimum atomic E-state index is -0.673. The Morgan fingerprint density at radius 2 is 2.23 bits per heavy atom. The lowest BCUT2D eigenvalue weighted by molar-refractivity contribution is -0.136. The number of aliphatic hydroxyl groups excluding tert-OH is 1. The number of ether oxygens (including phenoxy) is 1. The number of carbonyl (C=O) groups excluding carboxylic acids is 1. The first-order valence-electron chi connectivity index (χ1n) is 4.21. The first-order valence-corrected chi connectivity index (χ1v) is 4.21. The first-order chi connectivity index (χ1) is 6.09. The van der Waals surface area contributed by atoms with Gasteiger partial charge in [-0.15, -0.1) is 0 Å². The summed E-state index contributed by atoms with van der Waals surface area (Å²) in [6.07, 6.45) is 1.20. The van der Waals surface area contributed by atoms with Crippen molar-refractivity contribution in [1.82, 2.24) is 0 Å². The number of hydrogen-bond acceptors (Lipinski definition) is 5. The van der Waals surface area contributed by atoms with E-state index < -0.39 is 12.0 Å². The molecule has 5 nitrogen and oxygen atoms in total. The van der Waals surface area contributed by atoms with Gasteiger partial charge < -0.3 is 15.6 Å². The van der Waals surface area contributed by atoms with Gasteiger partial charge in [-0.05, 0) is 19.8 Å². The SMILES string of the molecule is CC(N)C(=N)C(=O)OCCCCO. The van der Waals surface area contributed by atoms with Crippen LogP contribution in [0, 0.1) is 5.41 Å². The van der Waals surface area contributed by atoms with Crippen molar-refractivity contribution in [3.63, 3.8) is 0 Å². The van der Waals surface area contributed by atoms with Crippen LogP contribution in [0.25, 0.3) is 0 Å². The fraction of sp³-hybridized carbons (Fsp3) is 0.750. The van der Waals surface area contributed by atoms with Gasteiger partial charge in [0.05, 0.1) is 12.6 Å². The molecule has 0 saturated carbocycles. The molecule has 0 aromatic rings. The molecule has 0 bridgehead atoms. The zero-order valence-electron chi connectivity index (χ0n) is 7.75. The van der Waals surface area contributed by atoms with E-state index in [9.17, 15) is 4.79 Å². The molecule has 0 heterocycles. The molecule has 13 heavy (non-hydrogen) atoms. The van der Waals surface area contributed by atoms with Gasteiger partial charge in [0.25, 0.3) is 0 Å². The average Bonchev–Trinajstić information content (AvgIpc) is 2.10. The molecule has 0 aliphatic heterocycles. The molecule has 0 fully saturated rings. The van der Waals surface area contributed by atoms with Crippen LogP contribution in [0.4, 0.5) is 0 Å². The molecule has 76 valence electrons. The number of nitrogens with one attached hydrogen (secondary N) is 1. The third-order valence-electron chi connectivity index (χ3n) is 1.46. The summed E-state index contributed by atoms with van der Waals surface area (Å²) >= 11 is 0. The zero-order valence-corrected chi connectivity index (χ0v) is 7.75.